The lowest BCUT2D eigenvalue weighted by molar-refractivity contribution is -0.155. The molecule has 1 atom stereocenters. The van der Waals surface area contributed by atoms with Crippen LogP contribution < -0.4 is 15.1 Å². The lowest BCUT2D eigenvalue weighted by Gasteiger charge is -2.25. The minimum Gasteiger partial charge on any atom is -0.485 e. The van der Waals surface area contributed by atoms with Gasteiger partial charge in [-0.05, 0) is 36.8 Å². The van der Waals surface area contributed by atoms with Gasteiger partial charge in [0, 0.05) is 22.0 Å². The SMILES string of the molecule is Cc1cc2oc(=O)cc(COC(=O)[C@@H]3COc4ccccc4O3)c2cc1Cl. The molecule has 0 radical (unpaired) electrons. The topological polar surface area (TPSA) is 75.0 Å². The van der Waals surface area contributed by atoms with Crippen LogP contribution in [0, 0.1) is 6.92 Å². The van der Waals surface area contributed by atoms with Gasteiger partial charge in [0.15, 0.2) is 11.5 Å². The van der Waals surface area contributed by atoms with Crippen molar-refractivity contribution in [2.45, 2.75) is 19.6 Å². The summed E-state index contributed by atoms with van der Waals surface area (Å²) in [6.45, 7) is 1.76. The molecule has 4 rings (SSSR count). The molecule has 0 spiro atoms. The first-order valence-electron chi connectivity index (χ1n) is 8.29. The minimum atomic E-state index is -0.878. The number of benzene rings is 2. The van der Waals surface area contributed by atoms with Gasteiger partial charge in [0.2, 0.25) is 6.10 Å². The third kappa shape index (κ3) is 3.48. The molecular weight excluding hydrogens is 372 g/mol. The second-order valence-electron chi connectivity index (χ2n) is 6.16. The molecule has 138 valence electrons. The van der Waals surface area contributed by atoms with Gasteiger partial charge in [0.25, 0.3) is 0 Å². The molecule has 0 unspecified atom stereocenters. The van der Waals surface area contributed by atoms with E-state index in [0.29, 0.717) is 33.1 Å². The van der Waals surface area contributed by atoms with Crippen molar-refractivity contribution in [3.8, 4) is 11.5 Å². The first-order chi connectivity index (χ1) is 13.0. The summed E-state index contributed by atoms with van der Waals surface area (Å²) in [5.41, 5.74) is 1.16. The number of para-hydroxylation sites is 2. The molecule has 0 bridgehead atoms. The number of hydrogen-bond donors (Lipinski definition) is 0. The normalized spacial score (nSPS) is 15.6. The Balaban J connectivity index is 1.53. The molecule has 3 aromatic rings. The van der Waals surface area contributed by atoms with E-state index in [1.54, 1.807) is 30.3 Å². The number of aryl methyl sites for hydroxylation is 1. The molecule has 1 aromatic heterocycles. The number of hydrogen-bond acceptors (Lipinski definition) is 6. The highest BCUT2D eigenvalue weighted by atomic mass is 35.5. The molecule has 0 saturated heterocycles. The first kappa shape index (κ1) is 17.4. The van der Waals surface area contributed by atoms with E-state index >= 15 is 0 Å². The first-order valence-corrected chi connectivity index (χ1v) is 8.67. The molecule has 1 aliphatic rings. The maximum absolute atomic E-state index is 12.4. The summed E-state index contributed by atoms with van der Waals surface area (Å²) in [5.74, 6) is 0.487. The molecule has 0 aliphatic carbocycles. The molecule has 2 heterocycles. The van der Waals surface area contributed by atoms with Crippen LogP contribution in [0.5, 0.6) is 11.5 Å². The molecule has 0 fully saturated rings. The predicted molar refractivity (Wildman–Crippen MR) is 98.4 cm³/mol. The van der Waals surface area contributed by atoms with Crippen molar-refractivity contribution in [1.29, 1.82) is 0 Å². The van der Waals surface area contributed by atoms with Crippen molar-refractivity contribution in [2.75, 3.05) is 6.61 Å². The third-order valence-electron chi connectivity index (χ3n) is 4.25. The van der Waals surface area contributed by atoms with E-state index in [4.69, 9.17) is 30.2 Å². The van der Waals surface area contributed by atoms with Gasteiger partial charge in [0.05, 0.1) is 0 Å². The van der Waals surface area contributed by atoms with E-state index < -0.39 is 17.7 Å². The number of ether oxygens (including phenoxy) is 3. The zero-order valence-electron chi connectivity index (χ0n) is 14.4. The number of halogens is 1. The van der Waals surface area contributed by atoms with Crippen LogP contribution in [0.3, 0.4) is 0 Å². The van der Waals surface area contributed by atoms with Crippen molar-refractivity contribution in [1.82, 2.24) is 0 Å². The summed E-state index contributed by atoms with van der Waals surface area (Å²) in [6.07, 6.45) is -0.878. The Kier molecular flexibility index (Phi) is 4.49. The standard InChI is InChI=1S/C20H15ClO6/c1-11-6-17-13(8-14(11)21)12(7-19(22)27-17)9-25-20(23)18-10-24-15-4-2-3-5-16(15)26-18/h2-8,18H,9-10H2,1H3/t18-/m0/s1. The Morgan fingerprint density at radius 3 is 2.81 bits per heavy atom. The van der Waals surface area contributed by atoms with Crippen molar-refractivity contribution < 1.29 is 23.4 Å². The highest BCUT2D eigenvalue weighted by Crippen LogP contribution is 2.31. The fraction of sp³-hybridized carbons (Fsp3) is 0.200. The number of fused-ring (bicyclic) bond motifs is 2. The van der Waals surface area contributed by atoms with Crippen LogP contribution in [0.15, 0.2) is 51.7 Å². The number of rotatable bonds is 3. The molecule has 7 heteroatoms. The van der Waals surface area contributed by atoms with Crippen LogP contribution in [0.1, 0.15) is 11.1 Å². The quantitative estimate of drug-likeness (QED) is 0.505. The Labute approximate surface area is 159 Å². The van der Waals surface area contributed by atoms with E-state index in [9.17, 15) is 9.59 Å². The van der Waals surface area contributed by atoms with E-state index in [-0.39, 0.29) is 13.2 Å². The molecule has 1 aliphatic heterocycles. The molecule has 27 heavy (non-hydrogen) atoms. The molecule has 0 saturated carbocycles. The maximum atomic E-state index is 12.4. The molecule has 0 N–H and O–H groups in total. The fourth-order valence-electron chi connectivity index (χ4n) is 2.85. The van der Waals surface area contributed by atoms with Crippen LogP contribution in [0.2, 0.25) is 5.02 Å². The van der Waals surface area contributed by atoms with Crippen molar-refractivity contribution in [2.24, 2.45) is 0 Å². The van der Waals surface area contributed by atoms with Gasteiger partial charge in [-0.1, -0.05) is 23.7 Å². The summed E-state index contributed by atoms with van der Waals surface area (Å²) in [6, 6.07) is 11.7. The summed E-state index contributed by atoms with van der Waals surface area (Å²) in [5, 5.41) is 1.15. The summed E-state index contributed by atoms with van der Waals surface area (Å²) < 4.78 is 21.7. The predicted octanol–water partition coefficient (Wildman–Crippen LogP) is 3.64. The Morgan fingerprint density at radius 1 is 1.22 bits per heavy atom. The highest BCUT2D eigenvalue weighted by molar-refractivity contribution is 6.32. The fourth-order valence-corrected chi connectivity index (χ4v) is 3.01. The number of esters is 1. The minimum absolute atomic E-state index is 0.0541. The Hall–Kier alpha value is -2.99. The molecule has 0 amide bonds. The summed E-state index contributed by atoms with van der Waals surface area (Å²) >= 11 is 6.17. The lowest BCUT2D eigenvalue weighted by Crippen LogP contribution is -2.37. The van der Waals surface area contributed by atoms with Crippen molar-refractivity contribution in [3.05, 3.63) is 69.0 Å². The zero-order valence-corrected chi connectivity index (χ0v) is 15.1. The monoisotopic (exact) mass is 386 g/mol. The van der Waals surface area contributed by atoms with Crippen LogP contribution in [-0.2, 0) is 16.1 Å². The number of carbonyl (C=O) groups is 1. The van der Waals surface area contributed by atoms with Gasteiger partial charge in [-0.3, -0.25) is 0 Å². The van der Waals surface area contributed by atoms with Gasteiger partial charge in [-0.15, -0.1) is 0 Å². The second kappa shape index (κ2) is 6.96. The maximum Gasteiger partial charge on any atom is 0.351 e. The zero-order chi connectivity index (χ0) is 19.0. The summed E-state index contributed by atoms with van der Waals surface area (Å²) in [7, 11) is 0. The van der Waals surface area contributed by atoms with Gasteiger partial charge < -0.3 is 18.6 Å². The van der Waals surface area contributed by atoms with E-state index in [1.807, 2.05) is 13.0 Å². The largest absolute Gasteiger partial charge is 0.485 e. The van der Waals surface area contributed by atoms with Crippen molar-refractivity contribution in [3.63, 3.8) is 0 Å². The average molecular weight is 387 g/mol. The van der Waals surface area contributed by atoms with Gasteiger partial charge in [-0.25, -0.2) is 9.59 Å². The van der Waals surface area contributed by atoms with E-state index in [0.717, 1.165) is 5.56 Å². The lowest BCUT2D eigenvalue weighted by atomic mass is 10.1. The smallest absolute Gasteiger partial charge is 0.351 e. The van der Waals surface area contributed by atoms with Crippen LogP contribution >= 0.6 is 11.6 Å². The highest BCUT2D eigenvalue weighted by Gasteiger charge is 2.28. The van der Waals surface area contributed by atoms with Crippen LogP contribution in [-0.4, -0.2) is 18.7 Å². The van der Waals surface area contributed by atoms with E-state index in [1.165, 1.54) is 6.07 Å². The van der Waals surface area contributed by atoms with Gasteiger partial charge in [0.1, 0.15) is 18.8 Å². The molecule has 2 aromatic carbocycles. The average Bonchev–Trinajstić information content (AvgIpc) is 2.67. The van der Waals surface area contributed by atoms with Crippen LogP contribution in [0.4, 0.5) is 0 Å². The van der Waals surface area contributed by atoms with E-state index in [2.05, 4.69) is 0 Å². The Bertz CT molecular complexity index is 1090. The molecule has 6 nitrogen and oxygen atoms in total. The number of carbonyl (C=O) groups excluding carboxylic acids is 1. The second-order valence-corrected chi connectivity index (χ2v) is 6.57. The molecular formula is C20H15ClO6. The van der Waals surface area contributed by atoms with Crippen molar-refractivity contribution >= 4 is 28.5 Å². The van der Waals surface area contributed by atoms with Crippen LogP contribution in [0.25, 0.3) is 11.0 Å². The Morgan fingerprint density at radius 2 is 2.00 bits per heavy atom. The van der Waals surface area contributed by atoms with Gasteiger partial charge in [-0.2, -0.15) is 0 Å². The summed E-state index contributed by atoms with van der Waals surface area (Å²) in [4.78, 5) is 24.2. The third-order valence-corrected chi connectivity index (χ3v) is 4.66. The van der Waals surface area contributed by atoms with Gasteiger partial charge >= 0.3 is 11.6 Å².